The molecule has 3 aromatic rings. The number of piperidine rings is 1. The first-order valence-electron chi connectivity index (χ1n) is 10.8. The molecule has 1 fully saturated rings. The number of carbonyl (C=O) groups is 1. The van der Waals surface area contributed by atoms with Gasteiger partial charge in [-0.1, -0.05) is 12.1 Å². The van der Waals surface area contributed by atoms with Crippen LogP contribution in [0.5, 0.6) is 11.5 Å². The molecule has 1 spiro atoms. The third-order valence-electron chi connectivity index (χ3n) is 6.59. The van der Waals surface area contributed by atoms with Crippen LogP contribution in [0.25, 0.3) is 16.6 Å². The fourth-order valence-corrected chi connectivity index (χ4v) is 4.89. The van der Waals surface area contributed by atoms with Crippen LogP contribution in [-0.2, 0) is 0 Å². The number of nitrogens with zero attached hydrogens (tertiary/aromatic N) is 1. The first-order chi connectivity index (χ1) is 15.6. The predicted molar refractivity (Wildman–Crippen MR) is 125 cm³/mol. The number of aromatic amines is 1. The average molecular weight is 431 g/mol. The molecule has 0 unspecified atom stereocenters. The number of hydrogen-bond donors (Lipinski definition) is 3. The van der Waals surface area contributed by atoms with Crippen molar-refractivity contribution in [1.29, 1.82) is 5.41 Å². The van der Waals surface area contributed by atoms with Crippen molar-refractivity contribution in [1.82, 2.24) is 15.2 Å². The Morgan fingerprint density at radius 1 is 1.25 bits per heavy atom. The van der Waals surface area contributed by atoms with Crippen LogP contribution < -0.4 is 14.8 Å². The topological polar surface area (TPSA) is 90.4 Å². The molecule has 0 aliphatic carbocycles. The van der Waals surface area contributed by atoms with Gasteiger partial charge >= 0.3 is 0 Å². The molecule has 164 valence electrons. The summed E-state index contributed by atoms with van der Waals surface area (Å²) < 4.78 is 11.8. The Hall–Kier alpha value is -3.74. The highest BCUT2D eigenvalue weighted by molar-refractivity contribution is 6.07. The molecule has 3 N–H and O–H groups in total. The summed E-state index contributed by atoms with van der Waals surface area (Å²) in [5, 5.41) is 12.2. The van der Waals surface area contributed by atoms with Gasteiger partial charge in [0.05, 0.1) is 18.4 Å². The lowest BCUT2D eigenvalue weighted by Crippen LogP contribution is -2.53. The first-order valence-corrected chi connectivity index (χ1v) is 10.8. The highest BCUT2D eigenvalue weighted by Gasteiger charge is 2.45. The van der Waals surface area contributed by atoms with Gasteiger partial charge in [-0.05, 0) is 30.3 Å². The van der Waals surface area contributed by atoms with Crippen molar-refractivity contribution in [2.75, 3.05) is 27.2 Å². The zero-order valence-corrected chi connectivity index (χ0v) is 18.2. The maximum Gasteiger partial charge on any atom is 0.256 e. The number of carbonyl (C=O) groups excluding carboxylic acids is 1. The fraction of sp³-hybridized carbons (Fsp3) is 0.280. The number of likely N-dealkylation sites (tertiary alicyclic amines) is 1. The molecule has 32 heavy (non-hydrogen) atoms. The second-order valence-corrected chi connectivity index (χ2v) is 8.18. The van der Waals surface area contributed by atoms with Gasteiger partial charge in [0.2, 0.25) is 0 Å². The Bertz CT molecular complexity index is 1230. The van der Waals surface area contributed by atoms with Crippen LogP contribution in [0.15, 0.2) is 54.2 Å². The number of methoxy groups -OCH3 is 1. The zero-order valence-electron chi connectivity index (χ0n) is 18.2. The van der Waals surface area contributed by atoms with Gasteiger partial charge in [-0.3, -0.25) is 4.79 Å². The van der Waals surface area contributed by atoms with E-state index in [4.69, 9.17) is 14.9 Å². The van der Waals surface area contributed by atoms with Crippen LogP contribution >= 0.6 is 0 Å². The van der Waals surface area contributed by atoms with Crippen LogP contribution in [0.3, 0.4) is 0 Å². The summed E-state index contributed by atoms with van der Waals surface area (Å²) in [4.78, 5) is 18.4. The molecule has 1 saturated heterocycles. The van der Waals surface area contributed by atoms with Gasteiger partial charge in [0.15, 0.2) is 0 Å². The molecule has 1 aromatic heterocycles. The van der Waals surface area contributed by atoms with Gasteiger partial charge in [-0.15, -0.1) is 0 Å². The number of rotatable bonds is 4. The summed E-state index contributed by atoms with van der Waals surface area (Å²) in [6, 6.07) is 13.6. The number of aromatic nitrogens is 1. The Morgan fingerprint density at radius 3 is 2.75 bits per heavy atom. The number of H-pyrrole nitrogens is 1. The predicted octanol–water partition coefficient (Wildman–Crippen LogP) is 3.82. The molecule has 2 aliphatic heterocycles. The lowest BCUT2D eigenvalue weighted by Gasteiger charge is -2.45. The minimum absolute atomic E-state index is 0.00946. The maximum atomic E-state index is 13.4. The minimum atomic E-state index is -0.616. The Balaban J connectivity index is 1.43. The van der Waals surface area contributed by atoms with E-state index in [9.17, 15) is 4.79 Å². The Morgan fingerprint density at radius 2 is 2.03 bits per heavy atom. The van der Waals surface area contributed by atoms with Crippen molar-refractivity contribution in [2.45, 2.75) is 18.4 Å². The van der Waals surface area contributed by atoms with E-state index >= 15 is 0 Å². The molecule has 2 aromatic carbocycles. The van der Waals surface area contributed by atoms with E-state index in [0.29, 0.717) is 31.5 Å². The maximum absolute atomic E-state index is 13.4. The summed E-state index contributed by atoms with van der Waals surface area (Å²) in [5.41, 5.74) is 3.65. The monoisotopic (exact) mass is 430 g/mol. The molecule has 3 heterocycles. The Kier molecular flexibility index (Phi) is 4.89. The number of amides is 1. The quantitative estimate of drug-likeness (QED) is 0.549. The van der Waals surface area contributed by atoms with E-state index in [1.807, 2.05) is 54.4 Å². The van der Waals surface area contributed by atoms with E-state index in [1.54, 1.807) is 13.3 Å². The summed E-state index contributed by atoms with van der Waals surface area (Å²) in [5.74, 6) is 1.52. The smallest absolute Gasteiger partial charge is 0.256 e. The van der Waals surface area contributed by atoms with Gasteiger partial charge in [0.1, 0.15) is 17.1 Å². The van der Waals surface area contributed by atoms with E-state index in [0.717, 1.165) is 39.2 Å². The molecule has 0 atom stereocenters. The van der Waals surface area contributed by atoms with E-state index in [1.165, 1.54) is 6.21 Å². The second kappa shape index (κ2) is 7.75. The lowest BCUT2D eigenvalue weighted by atomic mass is 9.80. The molecule has 7 nitrogen and oxygen atoms in total. The molecule has 1 amide bonds. The van der Waals surface area contributed by atoms with Crippen molar-refractivity contribution < 1.29 is 14.3 Å². The molecule has 0 bridgehead atoms. The third kappa shape index (κ3) is 3.04. The SMILES string of the molecule is CNC1=C(C=N)C2(CCN(C(=O)c3c[nH]c4ccc(OC)cc34)CC2)Oc2ccccc21. The second-order valence-electron chi connectivity index (χ2n) is 8.18. The standard InChI is InChI=1S/C25H26N4O3/c1-27-23-17-5-3-4-6-22(17)32-25(20(23)14-26)9-11-29(12-10-25)24(30)19-15-28-21-8-7-16(31-2)13-18(19)21/h3-8,13-15,26-28H,9-12H2,1-2H3. The number of hydrogen-bond acceptors (Lipinski definition) is 5. The number of para-hydroxylation sites is 1. The number of nitrogens with one attached hydrogen (secondary N) is 3. The molecular weight excluding hydrogens is 404 g/mol. The molecule has 2 aliphatic rings. The van der Waals surface area contributed by atoms with Gasteiger partial charge in [-0.2, -0.15) is 0 Å². The van der Waals surface area contributed by atoms with Gasteiger partial charge in [0, 0.05) is 67.4 Å². The zero-order chi connectivity index (χ0) is 22.3. The van der Waals surface area contributed by atoms with Crippen LogP contribution in [0.2, 0.25) is 0 Å². The first kappa shape index (κ1) is 20.2. The van der Waals surface area contributed by atoms with Crippen molar-refractivity contribution >= 4 is 28.7 Å². The largest absolute Gasteiger partial charge is 0.497 e. The molecule has 7 heteroatoms. The number of fused-ring (bicyclic) bond motifs is 2. The summed E-state index contributed by atoms with van der Waals surface area (Å²) >= 11 is 0. The van der Waals surface area contributed by atoms with Gasteiger partial charge in [0.25, 0.3) is 5.91 Å². The van der Waals surface area contributed by atoms with Crippen molar-refractivity contribution in [2.24, 2.45) is 0 Å². The summed E-state index contributed by atoms with van der Waals surface area (Å²) in [7, 11) is 3.49. The summed E-state index contributed by atoms with van der Waals surface area (Å²) in [6.07, 6.45) is 4.40. The number of benzene rings is 2. The number of ether oxygens (including phenoxy) is 2. The highest BCUT2D eigenvalue weighted by Crippen LogP contribution is 2.44. The molecular formula is C25H26N4O3. The van der Waals surface area contributed by atoms with Gasteiger partial charge in [-0.25, -0.2) is 0 Å². The average Bonchev–Trinajstić information content (AvgIpc) is 3.26. The van der Waals surface area contributed by atoms with Crippen molar-refractivity contribution in [3.05, 3.63) is 65.4 Å². The summed E-state index contributed by atoms with van der Waals surface area (Å²) in [6.45, 7) is 1.10. The third-order valence-corrected chi connectivity index (χ3v) is 6.59. The van der Waals surface area contributed by atoms with Crippen LogP contribution in [0, 0.1) is 5.41 Å². The van der Waals surface area contributed by atoms with Crippen LogP contribution in [-0.4, -0.2) is 54.9 Å². The molecule has 0 saturated carbocycles. The minimum Gasteiger partial charge on any atom is -0.497 e. The van der Waals surface area contributed by atoms with Gasteiger partial charge < -0.3 is 30.1 Å². The van der Waals surface area contributed by atoms with Crippen LogP contribution in [0.1, 0.15) is 28.8 Å². The van der Waals surface area contributed by atoms with E-state index in [-0.39, 0.29) is 5.91 Å². The van der Waals surface area contributed by atoms with E-state index < -0.39 is 5.60 Å². The van der Waals surface area contributed by atoms with E-state index in [2.05, 4.69) is 10.3 Å². The lowest BCUT2D eigenvalue weighted by molar-refractivity contribution is 0.0292. The van der Waals surface area contributed by atoms with Crippen molar-refractivity contribution in [3.8, 4) is 11.5 Å². The Labute approximate surface area is 186 Å². The molecule has 5 rings (SSSR count). The van der Waals surface area contributed by atoms with Crippen LogP contribution in [0.4, 0.5) is 0 Å². The van der Waals surface area contributed by atoms with Crippen molar-refractivity contribution in [3.63, 3.8) is 0 Å². The normalized spacial score (nSPS) is 17.1. The fourth-order valence-electron chi connectivity index (χ4n) is 4.89. The highest BCUT2D eigenvalue weighted by atomic mass is 16.5. The molecule has 0 radical (unpaired) electrons.